The first kappa shape index (κ1) is 15.4. The standard InChI is InChI=1S/C11H23N5OS/c1-2-12-7-8-16-11(13-14-15-16)18-10-6-4-3-5-9-17/h12,17H,2-10H2,1H3. The Labute approximate surface area is 113 Å². The van der Waals surface area contributed by atoms with Crippen LogP contribution in [0.15, 0.2) is 5.16 Å². The lowest BCUT2D eigenvalue weighted by Gasteiger charge is -2.04. The minimum Gasteiger partial charge on any atom is -0.396 e. The van der Waals surface area contributed by atoms with Gasteiger partial charge in [0.25, 0.3) is 0 Å². The molecule has 0 bridgehead atoms. The first-order valence-corrected chi connectivity index (χ1v) is 7.57. The van der Waals surface area contributed by atoms with E-state index in [1.54, 1.807) is 11.8 Å². The molecule has 0 amide bonds. The highest BCUT2D eigenvalue weighted by Crippen LogP contribution is 2.16. The molecule has 0 radical (unpaired) electrons. The number of hydrogen-bond acceptors (Lipinski definition) is 6. The summed E-state index contributed by atoms with van der Waals surface area (Å²) in [6.07, 6.45) is 4.31. The Bertz CT molecular complexity index is 307. The van der Waals surface area contributed by atoms with Crippen molar-refractivity contribution < 1.29 is 5.11 Å². The van der Waals surface area contributed by atoms with Gasteiger partial charge < -0.3 is 10.4 Å². The van der Waals surface area contributed by atoms with Crippen molar-refractivity contribution in [2.45, 2.75) is 44.3 Å². The number of rotatable bonds is 11. The monoisotopic (exact) mass is 273 g/mol. The number of aliphatic hydroxyl groups is 1. The maximum atomic E-state index is 8.67. The van der Waals surface area contributed by atoms with Crippen LogP contribution in [0.2, 0.25) is 0 Å². The zero-order valence-electron chi connectivity index (χ0n) is 11.0. The van der Waals surface area contributed by atoms with Crippen LogP contribution in [-0.4, -0.2) is 50.8 Å². The molecule has 1 heterocycles. The topological polar surface area (TPSA) is 75.9 Å². The highest BCUT2D eigenvalue weighted by Gasteiger charge is 2.05. The highest BCUT2D eigenvalue weighted by atomic mass is 32.2. The van der Waals surface area contributed by atoms with Crippen LogP contribution in [-0.2, 0) is 6.54 Å². The molecule has 1 aromatic rings. The maximum Gasteiger partial charge on any atom is 0.209 e. The number of nitrogens with zero attached hydrogens (tertiary/aromatic N) is 4. The summed E-state index contributed by atoms with van der Waals surface area (Å²) in [7, 11) is 0. The smallest absolute Gasteiger partial charge is 0.209 e. The van der Waals surface area contributed by atoms with Crippen molar-refractivity contribution in [3.8, 4) is 0 Å². The molecule has 0 aromatic carbocycles. The molecule has 18 heavy (non-hydrogen) atoms. The third-order valence-electron chi connectivity index (χ3n) is 2.53. The molecule has 0 aliphatic rings. The van der Waals surface area contributed by atoms with Gasteiger partial charge in [-0.15, -0.1) is 5.10 Å². The Morgan fingerprint density at radius 3 is 2.89 bits per heavy atom. The highest BCUT2D eigenvalue weighted by molar-refractivity contribution is 7.99. The molecule has 7 heteroatoms. The molecule has 104 valence electrons. The van der Waals surface area contributed by atoms with Crippen LogP contribution in [0, 0.1) is 0 Å². The average molecular weight is 273 g/mol. The fraction of sp³-hybridized carbons (Fsp3) is 0.909. The average Bonchev–Trinajstić information content (AvgIpc) is 2.82. The minimum atomic E-state index is 0.301. The lowest BCUT2D eigenvalue weighted by atomic mass is 10.2. The molecule has 6 nitrogen and oxygen atoms in total. The summed E-state index contributed by atoms with van der Waals surface area (Å²) in [5.41, 5.74) is 0. The number of tetrazole rings is 1. The van der Waals surface area contributed by atoms with Gasteiger partial charge in [0.05, 0.1) is 6.54 Å². The molecule has 0 unspecified atom stereocenters. The van der Waals surface area contributed by atoms with Gasteiger partial charge in [-0.25, -0.2) is 4.68 Å². The van der Waals surface area contributed by atoms with Crippen LogP contribution in [0.3, 0.4) is 0 Å². The molecule has 0 aliphatic carbocycles. The van der Waals surface area contributed by atoms with E-state index in [1.807, 2.05) is 4.68 Å². The Balaban J connectivity index is 2.15. The van der Waals surface area contributed by atoms with Crippen molar-refractivity contribution in [2.24, 2.45) is 0 Å². The van der Waals surface area contributed by atoms with Crippen molar-refractivity contribution in [3.63, 3.8) is 0 Å². The van der Waals surface area contributed by atoms with E-state index in [2.05, 4.69) is 27.8 Å². The van der Waals surface area contributed by atoms with Gasteiger partial charge in [0, 0.05) is 18.9 Å². The van der Waals surface area contributed by atoms with Crippen LogP contribution >= 0.6 is 11.8 Å². The van der Waals surface area contributed by atoms with Crippen molar-refractivity contribution in [1.29, 1.82) is 0 Å². The predicted molar refractivity (Wildman–Crippen MR) is 72.6 cm³/mol. The molecular weight excluding hydrogens is 250 g/mol. The fourth-order valence-electron chi connectivity index (χ4n) is 1.53. The van der Waals surface area contributed by atoms with E-state index in [0.29, 0.717) is 6.61 Å². The second-order valence-electron chi connectivity index (χ2n) is 4.02. The number of aromatic nitrogens is 4. The van der Waals surface area contributed by atoms with Gasteiger partial charge in [-0.05, 0) is 29.8 Å². The molecule has 1 aromatic heterocycles. The zero-order valence-corrected chi connectivity index (χ0v) is 11.8. The van der Waals surface area contributed by atoms with Crippen LogP contribution in [0.25, 0.3) is 0 Å². The zero-order chi connectivity index (χ0) is 13.1. The lowest BCUT2D eigenvalue weighted by Crippen LogP contribution is -2.20. The SMILES string of the molecule is CCNCCn1nnnc1SCCCCCCO. The Hall–Kier alpha value is -0.660. The summed E-state index contributed by atoms with van der Waals surface area (Å²) < 4.78 is 1.85. The van der Waals surface area contributed by atoms with E-state index in [4.69, 9.17) is 5.11 Å². The number of nitrogens with one attached hydrogen (secondary N) is 1. The Morgan fingerprint density at radius 1 is 1.28 bits per heavy atom. The summed E-state index contributed by atoms with van der Waals surface area (Å²) in [6, 6.07) is 0. The molecular formula is C11H23N5OS. The fourth-order valence-corrected chi connectivity index (χ4v) is 2.43. The van der Waals surface area contributed by atoms with Crippen LogP contribution < -0.4 is 5.32 Å². The van der Waals surface area contributed by atoms with Gasteiger partial charge in [0.2, 0.25) is 5.16 Å². The van der Waals surface area contributed by atoms with Crippen molar-refractivity contribution in [1.82, 2.24) is 25.5 Å². The molecule has 0 saturated heterocycles. The number of unbranched alkanes of at least 4 members (excludes halogenated alkanes) is 3. The van der Waals surface area contributed by atoms with Gasteiger partial charge in [-0.1, -0.05) is 31.5 Å². The summed E-state index contributed by atoms with van der Waals surface area (Å²) in [4.78, 5) is 0. The molecule has 0 fully saturated rings. The van der Waals surface area contributed by atoms with Gasteiger partial charge in [0.15, 0.2) is 0 Å². The summed E-state index contributed by atoms with van der Waals surface area (Å²) >= 11 is 1.71. The normalized spacial score (nSPS) is 11.0. The van der Waals surface area contributed by atoms with Crippen LogP contribution in [0.5, 0.6) is 0 Å². The van der Waals surface area contributed by atoms with Crippen molar-refractivity contribution in [2.75, 3.05) is 25.4 Å². The molecule has 2 N–H and O–H groups in total. The third-order valence-corrected chi connectivity index (χ3v) is 3.58. The first-order valence-electron chi connectivity index (χ1n) is 6.59. The number of likely N-dealkylation sites (N-methyl/N-ethyl adjacent to an activating group) is 1. The summed E-state index contributed by atoms with van der Waals surface area (Å²) in [6.45, 7) is 5.06. The predicted octanol–water partition coefficient (Wildman–Crippen LogP) is 0.927. The Morgan fingerprint density at radius 2 is 2.11 bits per heavy atom. The van der Waals surface area contributed by atoms with E-state index in [1.165, 1.54) is 0 Å². The van der Waals surface area contributed by atoms with Gasteiger partial charge in [-0.2, -0.15) is 0 Å². The van der Waals surface area contributed by atoms with Gasteiger partial charge in [0.1, 0.15) is 0 Å². The third kappa shape index (κ3) is 6.32. The maximum absolute atomic E-state index is 8.67. The van der Waals surface area contributed by atoms with E-state index >= 15 is 0 Å². The molecule has 0 atom stereocenters. The molecule has 0 saturated carbocycles. The Kier molecular flexibility index (Phi) is 8.79. The second-order valence-corrected chi connectivity index (χ2v) is 5.09. The minimum absolute atomic E-state index is 0.301. The number of thioether (sulfide) groups is 1. The molecule has 0 aliphatic heterocycles. The quantitative estimate of drug-likeness (QED) is 0.461. The second kappa shape index (κ2) is 10.3. The van der Waals surface area contributed by atoms with E-state index in [0.717, 1.165) is 56.2 Å². The lowest BCUT2D eigenvalue weighted by molar-refractivity contribution is 0.283. The number of aliphatic hydroxyl groups excluding tert-OH is 1. The van der Waals surface area contributed by atoms with E-state index in [9.17, 15) is 0 Å². The van der Waals surface area contributed by atoms with Gasteiger partial charge in [-0.3, -0.25) is 0 Å². The van der Waals surface area contributed by atoms with Crippen molar-refractivity contribution >= 4 is 11.8 Å². The molecule has 0 spiro atoms. The summed E-state index contributed by atoms with van der Waals surface area (Å²) in [5.74, 6) is 1.03. The van der Waals surface area contributed by atoms with Gasteiger partial charge >= 0.3 is 0 Å². The van der Waals surface area contributed by atoms with E-state index < -0.39 is 0 Å². The van der Waals surface area contributed by atoms with Crippen LogP contribution in [0.4, 0.5) is 0 Å². The largest absolute Gasteiger partial charge is 0.396 e. The van der Waals surface area contributed by atoms with Crippen molar-refractivity contribution in [3.05, 3.63) is 0 Å². The summed E-state index contributed by atoms with van der Waals surface area (Å²) in [5, 5.41) is 24.5. The van der Waals surface area contributed by atoms with E-state index in [-0.39, 0.29) is 0 Å². The first-order chi connectivity index (χ1) is 8.88. The molecule has 1 rings (SSSR count). The van der Waals surface area contributed by atoms with Crippen LogP contribution in [0.1, 0.15) is 32.6 Å². The number of hydrogen-bond donors (Lipinski definition) is 2.